The van der Waals surface area contributed by atoms with Crippen molar-refractivity contribution in [3.63, 3.8) is 0 Å². The van der Waals surface area contributed by atoms with Crippen LogP contribution >= 0.6 is 11.6 Å². The Morgan fingerprint density at radius 1 is 1.44 bits per heavy atom. The molecule has 1 aliphatic heterocycles. The predicted molar refractivity (Wildman–Crippen MR) is 68.8 cm³/mol. The highest BCUT2D eigenvalue weighted by Crippen LogP contribution is 2.16. The number of nitrogens with zero attached hydrogens (tertiary/aromatic N) is 1. The fourth-order valence-corrected chi connectivity index (χ4v) is 2.21. The summed E-state index contributed by atoms with van der Waals surface area (Å²) in [5.74, 6) is -0.0553. The van der Waals surface area contributed by atoms with Crippen LogP contribution in [0.5, 0.6) is 0 Å². The molecule has 1 heterocycles. The molecule has 1 saturated heterocycles. The molecular weight excluding hydrogens is 254 g/mol. The Labute approximate surface area is 111 Å². The van der Waals surface area contributed by atoms with Gasteiger partial charge >= 0.3 is 0 Å². The van der Waals surface area contributed by atoms with E-state index in [2.05, 4.69) is 0 Å². The molecule has 1 aliphatic rings. The van der Waals surface area contributed by atoms with E-state index < -0.39 is 0 Å². The van der Waals surface area contributed by atoms with Crippen LogP contribution < -0.4 is 0 Å². The molecule has 0 saturated carbocycles. The van der Waals surface area contributed by atoms with Crippen molar-refractivity contribution >= 4 is 17.5 Å². The zero-order valence-corrected chi connectivity index (χ0v) is 10.9. The molecule has 1 amide bonds. The average Bonchev–Trinajstić information content (AvgIpc) is 2.38. The van der Waals surface area contributed by atoms with Crippen molar-refractivity contribution in [2.45, 2.75) is 19.1 Å². The van der Waals surface area contributed by atoms with Crippen LogP contribution in [0, 0.1) is 0 Å². The molecule has 18 heavy (non-hydrogen) atoms. The molecule has 2 unspecified atom stereocenters. The molecule has 0 radical (unpaired) electrons. The van der Waals surface area contributed by atoms with Crippen LogP contribution in [0.15, 0.2) is 24.3 Å². The van der Waals surface area contributed by atoms with Crippen LogP contribution in [0.2, 0.25) is 5.02 Å². The minimum absolute atomic E-state index is 0.0553. The van der Waals surface area contributed by atoms with Gasteiger partial charge in [0.15, 0.2) is 0 Å². The van der Waals surface area contributed by atoms with Crippen molar-refractivity contribution in [3.8, 4) is 0 Å². The molecule has 0 aliphatic carbocycles. The van der Waals surface area contributed by atoms with Gasteiger partial charge in [-0.1, -0.05) is 11.6 Å². The second-order valence-corrected chi connectivity index (χ2v) is 4.90. The lowest BCUT2D eigenvalue weighted by atomic mass is 10.1. The fraction of sp³-hybridized carbons (Fsp3) is 0.462. The molecule has 2 rings (SSSR count). The molecule has 4 nitrogen and oxygen atoms in total. The van der Waals surface area contributed by atoms with E-state index in [-0.39, 0.29) is 24.7 Å². The number of amides is 1. The maximum Gasteiger partial charge on any atom is 0.254 e. The molecule has 98 valence electrons. The minimum Gasteiger partial charge on any atom is -0.394 e. The lowest BCUT2D eigenvalue weighted by Crippen LogP contribution is -2.50. The summed E-state index contributed by atoms with van der Waals surface area (Å²) in [4.78, 5) is 14.0. The number of benzene rings is 1. The summed E-state index contributed by atoms with van der Waals surface area (Å²) >= 11 is 5.79. The first-order valence-electron chi connectivity index (χ1n) is 5.91. The van der Waals surface area contributed by atoms with Gasteiger partial charge < -0.3 is 14.7 Å². The molecule has 0 aromatic heterocycles. The van der Waals surface area contributed by atoms with Gasteiger partial charge in [-0.3, -0.25) is 4.79 Å². The molecule has 2 atom stereocenters. The van der Waals surface area contributed by atoms with Gasteiger partial charge in [-0.05, 0) is 31.2 Å². The minimum atomic E-state index is -0.301. The van der Waals surface area contributed by atoms with Gasteiger partial charge in [0.2, 0.25) is 0 Å². The number of rotatable bonds is 2. The monoisotopic (exact) mass is 269 g/mol. The van der Waals surface area contributed by atoms with Gasteiger partial charge in [0.25, 0.3) is 5.91 Å². The number of aliphatic hydroxyl groups excluding tert-OH is 1. The fourth-order valence-electron chi connectivity index (χ4n) is 2.09. The van der Waals surface area contributed by atoms with Crippen LogP contribution in [0.4, 0.5) is 0 Å². The van der Waals surface area contributed by atoms with E-state index in [9.17, 15) is 4.79 Å². The number of aliphatic hydroxyl groups is 1. The first-order valence-corrected chi connectivity index (χ1v) is 6.29. The smallest absolute Gasteiger partial charge is 0.254 e. The number of hydrogen-bond acceptors (Lipinski definition) is 3. The molecule has 0 spiro atoms. The van der Waals surface area contributed by atoms with Crippen molar-refractivity contribution in [2.24, 2.45) is 0 Å². The first kappa shape index (κ1) is 13.3. The molecule has 1 N–H and O–H groups in total. The number of morpholine rings is 1. The normalized spacial score (nSPS) is 24.1. The second-order valence-electron chi connectivity index (χ2n) is 4.47. The van der Waals surface area contributed by atoms with Crippen LogP contribution in [-0.4, -0.2) is 47.8 Å². The Hall–Kier alpha value is -1.10. The lowest BCUT2D eigenvalue weighted by molar-refractivity contribution is -0.0858. The third kappa shape index (κ3) is 3.02. The summed E-state index contributed by atoms with van der Waals surface area (Å²) in [5.41, 5.74) is 0.602. The first-order chi connectivity index (χ1) is 8.60. The third-order valence-corrected chi connectivity index (χ3v) is 3.16. The predicted octanol–water partition coefficient (Wildman–Crippen LogP) is 1.56. The Balaban J connectivity index is 2.10. The van der Waals surface area contributed by atoms with Gasteiger partial charge in [-0.2, -0.15) is 0 Å². The lowest BCUT2D eigenvalue weighted by Gasteiger charge is -2.36. The van der Waals surface area contributed by atoms with E-state index in [0.29, 0.717) is 23.7 Å². The van der Waals surface area contributed by atoms with Gasteiger partial charge in [-0.15, -0.1) is 0 Å². The zero-order chi connectivity index (χ0) is 13.1. The van der Waals surface area contributed by atoms with Crippen molar-refractivity contribution < 1.29 is 14.6 Å². The molecule has 1 aromatic rings. The summed E-state index contributed by atoms with van der Waals surface area (Å²) in [6.45, 7) is 2.78. The SMILES string of the molecule is CC1CN(C(=O)c2ccc(Cl)cc2)CC(CO)O1. The summed E-state index contributed by atoms with van der Waals surface area (Å²) in [6.07, 6.45) is -0.364. The molecule has 5 heteroatoms. The standard InChI is InChI=1S/C13H16ClNO3/c1-9-6-15(7-12(8-16)18-9)13(17)10-2-4-11(14)5-3-10/h2-5,9,12,16H,6-8H2,1H3. The van der Waals surface area contributed by atoms with E-state index in [1.54, 1.807) is 29.2 Å². The maximum absolute atomic E-state index is 12.3. The Morgan fingerprint density at radius 3 is 2.72 bits per heavy atom. The second kappa shape index (κ2) is 5.69. The largest absolute Gasteiger partial charge is 0.394 e. The zero-order valence-electron chi connectivity index (χ0n) is 10.2. The van der Waals surface area contributed by atoms with Crippen LogP contribution in [0.25, 0.3) is 0 Å². The number of halogens is 1. The van der Waals surface area contributed by atoms with Gasteiger partial charge in [0.1, 0.15) is 0 Å². The van der Waals surface area contributed by atoms with E-state index >= 15 is 0 Å². The van der Waals surface area contributed by atoms with Crippen LogP contribution in [0.1, 0.15) is 17.3 Å². The number of carbonyl (C=O) groups excluding carboxylic acids is 1. The quantitative estimate of drug-likeness (QED) is 0.887. The van der Waals surface area contributed by atoms with Crippen LogP contribution in [0.3, 0.4) is 0 Å². The highest BCUT2D eigenvalue weighted by Gasteiger charge is 2.28. The summed E-state index contributed by atoms with van der Waals surface area (Å²) < 4.78 is 5.51. The Bertz CT molecular complexity index is 421. The van der Waals surface area contributed by atoms with Crippen molar-refractivity contribution in [2.75, 3.05) is 19.7 Å². The summed E-state index contributed by atoms with van der Waals surface area (Å²) in [5, 5.41) is 9.74. The maximum atomic E-state index is 12.3. The van der Waals surface area contributed by atoms with Gasteiger partial charge in [-0.25, -0.2) is 0 Å². The van der Waals surface area contributed by atoms with Crippen molar-refractivity contribution in [1.82, 2.24) is 4.90 Å². The van der Waals surface area contributed by atoms with Crippen LogP contribution in [-0.2, 0) is 4.74 Å². The number of ether oxygens (including phenoxy) is 1. The van der Waals surface area contributed by atoms with E-state index in [1.807, 2.05) is 6.92 Å². The van der Waals surface area contributed by atoms with Crippen molar-refractivity contribution in [1.29, 1.82) is 0 Å². The summed E-state index contributed by atoms with van der Waals surface area (Å²) in [7, 11) is 0. The molecule has 0 bridgehead atoms. The summed E-state index contributed by atoms with van der Waals surface area (Å²) in [6, 6.07) is 6.81. The average molecular weight is 270 g/mol. The number of carbonyl (C=O) groups is 1. The van der Waals surface area contributed by atoms with Crippen molar-refractivity contribution in [3.05, 3.63) is 34.9 Å². The van der Waals surface area contributed by atoms with Gasteiger partial charge in [0, 0.05) is 23.7 Å². The van der Waals surface area contributed by atoms with E-state index in [0.717, 1.165) is 0 Å². The highest BCUT2D eigenvalue weighted by atomic mass is 35.5. The molecular formula is C13H16ClNO3. The Kier molecular flexibility index (Phi) is 4.22. The van der Waals surface area contributed by atoms with Gasteiger partial charge in [0.05, 0.1) is 18.8 Å². The van der Waals surface area contributed by atoms with E-state index in [4.69, 9.17) is 21.4 Å². The number of hydrogen-bond donors (Lipinski definition) is 1. The third-order valence-electron chi connectivity index (χ3n) is 2.91. The van der Waals surface area contributed by atoms with E-state index in [1.165, 1.54) is 0 Å². The molecule has 1 aromatic carbocycles. The molecule has 1 fully saturated rings. The highest BCUT2D eigenvalue weighted by molar-refractivity contribution is 6.30. The Morgan fingerprint density at radius 2 is 2.11 bits per heavy atom. The topological polar surface area (TPSA) is 49.8 Å².